The molecule has 6 rings (SSSR count). The average Bonchev–Trinajstić information content (AvgIpc) is 3.67. The molecule has 8 nitrogen and oxygen atoms in total. The van der Waals surface area contributed by atoms with E-state index in [1.807, 2.05) is 41.5 Å². The van der Waals surface area contributed by atoms with E-state index in [0.717, 1.165) is 101 Å². The minimum Gasteiger partial charge on any atom is -0.507 e. The molecule has 2 heterocycles. The van der Waals surface area contributed by atoms with Crippen molar-refractivity contribution < 1.29 is 38.7 Å². The molecular weight excluding hydrogens is 596 g/mol. The molecule has 6 unspecified atom stereocenters. The van der Waals surface area contributed by atoms with Crippen LogP contribution in [0, 0.1) is 65.2 Å². The Morgan fingerprint density at radius 1 is 0.660 bits per heavy atom. The van der Waals surface area contributed by atoms with Crippen molar-refractivity contribution in [3.63, 3.8) is 0 Å². The molecule has 2 saturated carbocycles. The number of carbonyl (C=O) groups excluding carboxylic acids is 2. The fourth-order valence-corrected chi connectivity index (χ4v) is 8.84. The zero-order valence-corrected chi connectivity index (χ0v) is 29.4. The molecule has 2 aromatic carbocycles. The highest BCUT2D eigenvalue weighted by Gasteiger charge is 2.55. The first-order valence-corrected chi connectivity index (χ1v) is 17.5. The predicted molar refractivity (Wildman–Crippen MR) is 178 cm³/mol. The van der Waals surface area contributed by atoms with Gasteiger partial charge in [-0.3, -0.25) is 9.59 Å². The van der Waals surface area contributed by atoms with Gasteiger partial charge in [0.1, 0.15) is 34.2 Å². The summed E-state index contributed by atoms with van der Waals surface area (Å²) < 4.78 is 24.9. The molecule has 0 radical (unpaired) electrons. The Morgan fingerprint density at radius 2 is 1.04 bits per heavy atom. The number of ether oxygens (including phenoxy) is 4. The highest BCUT2D eigenvalue weighted by molar-refractivity contribution is 5.83. The van der Waals surface area contributed by atoms with E-state index in [-0.39, 0.29) is 37.0 Å². The molecule has 0 saturated heterocycles. The molecule has 47 heavy (non-hydrogen) atoms. The normalized spacial score (nSPS) is 29.0. The van der Waals surface area contributed by atoms with Gasteiger partial charge in [0.15, 0.2) is 0 Å². The van der Waals surface area contributed by atoms with E-state index in [1.54, 1.807) is 0 Å². The van der Waals surface area contributed by atoms with Gasteiger partial charge < -0.3 is 29.2 Å². The Bertz CT molecular complexity index is 1490. The molecular formula is C39H52O8. The molecule has 2 aromatic rings. The van der Waals surface area contributed by atoms with Crippen molar-refractivity contribution in [2.24, 2.45) is 23.7 Å². The van der Waals surface area contributed by atoms with Gasteiger partial charge in [-0.1, -0.05) is 0 Å². The van der Waals surface area contributed by atoms with E-state index in [4.69, 9.17) is 18.9 Å². The second-order valence-corrected chi connectivity index (χ2v) is 15.4. The second kappa shape index (κ2) is 12.2. The molecule has 2 fully saturated rings. The number of hydrogen-bond acceptors (Lipinski definition) is 8. The summed E-state index contributed by atoms with van der Waals surface area (Å²) in [6.07, 6.45) is 6.95. The predicted octanol–water partition coefficient (Wildman–Crippen LogP) is 7.34. The SMILES string of the molecule is Cc1c(C)c2c(c(C)c1O)CCC(C)(CCOC(=O)C1C3CCC(C3)C1C(=O)OCCC1(C)CCc3c(C)c(O)c(C)c(C)c3O1)O2. The van der Waals surface area contributed by atoms with E-state index in [2.05, 4.69) is 13.8 Å². The fraction of sp³-hybridized carbons (Fsp3) is 0.641. The van der Waals surface area contributed by atoms with E-state index in [1.165, 1.54) is 0 Å². The highest BCUT2D eigenvalue weighted by Crippen LogP contribution is 2.53. The summed E-state index contributed by atoms with van der Waals surface area (Å²) >= 11 is 0. The maximum Gasteiger partial charge on any atom is 0.310 e. The standard InChI is InChI=1S/C39H52O8/c1-20-22(3)34-28(24(5)32(20)40)11-13-38(7,46-34)15-17-44-36(42)30-26-9-10-27(19-26)31(30)37(43)45-18-16-39(8)14-12-29-25(6)33(41)21(2)23(4)35(29)47-39/h26-27,30-31,40-41H,9-19H2,1-8H3. The summed E-state index contributed by atoms with van der Waals surface area (Å²) in [6, 6.07) is 0. The van der Waals surface area contributed by atoms with Crippen LogP contribution in [-0.2, 0) is 31.9 Å². The maximum absolute atomic E-state index is 13.5. The summed E-state index contributed by atoms with van der Waals surface area (Å²) in [7, 11) is 0. The average molecular weight is 649 g/mol. The summed E-state index contributed by atoms with van der Waals surface area (Å²) in [5, 5.41) is 21.0. The van der Waals surface area contributed by atoms with Crippen molar-refractivity contribution >= 4 is 11.9 Å². The van der Waals surface area contributed by atoms with Gasteiger partial charge in [-0.25, -0.2) is 0 Å². The van der Waals surface area contributed by atoms with Gasteiger partial charge in [-0.2, -0.15) is 0 Å². The second-order valence-electron chi connectivity index (χ2n) is 15.4. The van der Waals surface area contributed by atoms with Gasteiger partial charge in [-0.05, 0) is 146 Å². The first-order valence-electron chi connectivity index (χ1n) is 17.5. The van der Waals surface area contributed by atoms with Gasteiger partial charge in [0.05, 0.1) is 25.0 Å². The molecule has 2 aliphatic heterocycles. The van der Waals surface area contributed by atoms with E-state index in [0.29, 0.717) is 24.3 Å². The molecule has 8 heteroatoms. The number of aromatic hydroxyl groups is 2. The summed E-state index contributed by atoms with van der Waals surface area (Å²) in [6.45, 7) is 16.2. The van der Waals surface area contributed by atoms with Crippen molar-refractivity contribution in [3.8, 4) is 23.0 Å². The molecule has 2 bridgehead atoms. The lowest BCUT2D eigenvalue weighted by molar-refractivity contribution is -0.164. The van der Waals surface area contributed by atoms with Crippen LogP contribution in [0.2, 0.25) is 0 Å². The summed E-state index contributed by atoms with van der Waals surface area (Å²) in [4.78, 5) is 27.1. The van der Waals surface area contributed by atoms with Gasteiger partial charge in [0.2, 0.25) is 0 Å². The van der Waals surface area contributed by atoms with Crippen LogP contribution >= 0.6 is 0 Å². The Morgan fingerprint density at radius 3 is 1.43 bits per heavy atom. The third-order valence-electron chi connectivity index (χ3n) is 12.4. The molecule has 4 aliphatic rings. The van der Waals surface area contributed by atoms with Crippen molar-refractivity contribution in [1.29, 1.82) is 0 Å². The number of phenols is 2. The molecule has 0 amide bonds. The highest BCUT2D eigenvalue weighted by atomic mass is 16.5. The Balaban J connectivity index is 1.04. The third kappa shape index (κ3) is 5.84. The third-order valence-corrected chi connectivity index (χ3v) is 12.4. The lowest BCUT2D eigenvalue weighted by atomic mass is 9.79. The Labute approximate surface area is 279 Å². The van der Waals surface area contributed by atoms with E-state index in [9.17, 15) is 19.8 Å². The van der Waals surface area contributed by atoms with Crippen LogP contribution in [0.1, 0.15) is 103 Å². The van der Waals surface area contributed by atoms with Crippen LogP contribution in [0.15, 0.2) is 0 Å². The number of carbonyl (C=O) groups is 2. The zero-order valence-electron chi connectivity index (χ0n) is 29.4. The first-order chi connectivity index (χ1) is 22.1. The maximum atomic E-state index is 13.5. The van der Waals surface area contributed by atoms with E-state index >= 15 is 0 Å². The van der Waals surface area contributed by atoms with Crippen molar-refractivity contribution in [2.45, 2.75) is 124 Å². The van der Waals surface area contributed by atoms with Crippen LogP contribution in [-0.4, -0.2) is 46.6 Å². The molecule has 6 atom stereocenters. The fourth-order valence-electron chi connectivity index (χ4n) is 8.84. The monoisotopic (exact) mass is 648 g/mol. The molecule has 256 valence electrons. The number of esters is 2. The molecule has 0 spiro atoms. The minimum absolute atomic E-state index is 0.154. The van der Waals surface area contributed by atoms with Gasteiger partial charge in [-0.15, -0.1) is 0 Å². The minimum atomic E-state index is -0.491. The lowest BCUT2D eigenvalue weighted by Crippen LogP contribution is -2.41. The summed E-state index contributed by atoms with van der Waals surface area (Å²) in [5.41, 5.74) is 6.43. The number of hydrogen-bond donors (Lipinski definition) is 2. The largest absolute Gasteiger partial charge is 0.507 e. The van der Waals surface area contributed by atoms with Crippen LogP contribution < -0.4 is 9.47 Å². The Kier molecular flexibility index (Phi) is 8.71. The van der Waals surface area contributed by atoms with Gasteiger partial charge in [0.25, 0.3) is 0 Å². The van der Waals surface area contributed by atoms with E-state index < -0.39 is 23.0 Å². The smallest absolute Gasteiger partial charge is 0.310 e. The molecule has 2 aliphatic carbocycles. The lowest BCUT2D eigenvalue weighted by Gasteiger charge is -2.38. The zero-order chi connectivity index (χ0) is 34.0. The molecule has 2 N–H and O–H groups in total. The Hall–Kier alpha value is -3.42. The first kappa shape index (κ1) is 33.5. The van der Waals surface area contributed by atoms with Crippen LogP contribution in [0.4, 0.5) is 0 Å². The van der Waals surface area contributed by atoms with Crippen molar-refractivity contribution in [3.05, 3.63) is 44.5 Å². The number of phenolic OH excluding ortho intramolecular Hbond substituents is 2. The van der Waals surface area contributed by atoms with Crippen molar-refractivity contribution in [2.75, 3.05) is 13.2 Å². The summed E-state index contributed by atoms with van der Waals surface area (Å²) in [5.74, 6) is 1.14. The van der Waals surface area contributed by atoms with Crippen LogP contribution in [0.3, 0.4) is 0 Å². The van der Waals surface area contributed by atoms with Crippen LogP contribution in [0.5, 0.6) is 23.0 Å². The number of fused-ring (bicyclic) bond motifs is 4. The number of rotatable bonds is 8. The number of benzene rings is 2. The van der Waals surface area contributed by atoms with Gasteiger partial charge >= 0.3 is 11.9 Å². The van der Waals surface area contributed by atoms with Crippen molar-refractivity contribution in [1.82, 2.24) is 0 Å². The van der Waals surface area contributed by atoms with Crippen LogP contribution in [0.25, 0.3) is 0 Å². The quantitative estimate of drug-likeness (QED) is 0.286. The molecule has 0 aromatic heterocycles. The topological polar surface area (TPSA) is 112 Å². The van der Waals surface area contributed by atoms with Gasteiger partial charge in [0, 0.05) is 24.0 Å².